The molecule has 16 heavy (non-hydrogen) atoms. The quantitative estimate of drug-likeness (QED) is 0.716. The van der Waals surface area contributed by atoms with E-state index in [0.29, 0.717) is 5.76 Å². The Morgan fingerprint density at radius 1 is 1.12 bits per heavy atom. The molecule has 0 unspecified atom stereocenters. The van der Waals surface area contributed by atoms with Gasteiger partial charge in [-0.25, -0.2) is 0 Å². The van der Waals surface area contributed by atoms with Crippen LogP contribution in [0.3, 0.4) is 0 Å². The minimum Gasteiger partial charge on any atom is -0.461 e. The summed E-state index contributed by atoms with van der Waals surface area (Å²) in [6.45, 7) is 0. The molecule has 0 radical (unpaired) electrons. The topological polar surface area (TPSA) is 30.2 Å². The Kier molecular flexibility index (Phi) is 2.13. The van der Waals surface area contributed by atoms with Crippen molar-refractivity contribution in [3.63, 3.8) is 0 Å². The molecule has 0 spiro atoms. The van der Waals surface area contributed by atoms with Gasteiger partial charge in [-0.05, 0) is 48.6 Å². The fourth-order valence-corrected chi connectivity index (χ4v) is 2.26. The maximum atomic E-state index is 12.0. The average Bonchev–Trinajstić information content (AvgIpc) is 2.98. The smallest absolute Gasteiger partial charge is 0.228 e. The van der Waals surface area contributed by atoms with Crippen LogP contribution in [-0.2, 0) is 12.8 Å². The van der Waals surface area contributed by atoms with Crippen molar-refractivity contribution in [1.29, 1.82) is 0 Å². The van der Waals surface area contributed by atoms with Crippen LogP contribution in [0.15, 0.2) is 41.0 Å². The van der Waals surface area contributed by atoms with Gasteiger partial charge in [-0.1, -0.05) is 12.1 Å². The second-order valence-corrected chi connectivity index (χ2v) is 4.14. The molecule has 1 heterocycles. The lowest BCUT2D eigenvalue weighted by Crippen LogP contribution is -2.00. The van der Waals surface area contributed by atoms with E-state index in [9.17, 15) is 4.79 Å². The van der Waals surface area contributed by atoms with Crippen molar-refractivity contribution in [1.82, 2.24) is 0 Å². The van der Waals surface area contributed by atoms with Gasteiger partial charge in [-0.2, -0.15) is 0 Å². The number of benzene rings is 1. The molecule has 0 aliphatic heterocycles. The average molecular weight is 212 g/mol. The summed E-state index contributed by atoms with van der Waals surface area (Å²) in [5.74, 6) is 0.387. The first-order valence-corrected chi connectivity index (χ1v) is 5.54. The lowest BCUT2D eigenvalue weighted by atomic mass is 10.0. The van der Waals surface area contributed by atoms with Crippen LogP contribution in [0, 0.1) is 0 Å². The van der Waals surface area contributed by atoms with Crippen LogP contribution in [0.1, 0.15) is 33.7 Å². The molecule has 0 saturated heterocycles. The van der Waals surface area contributed by atoms with Gasteiger partial charge in [0.1, 0.15) is 0 Å². The van der Waals surface area contributed by atoms with Gasteiger partial charge in [0.05, 0.1) is 6.26 Å². The Morgan fingerprint density at radius 3 is 2.81 bits per heavy atom. The summed E-state index contributed by atoms with van der Waals surface area (Å²) in [6.07, 6.45) is 4.97. The molecule has 1 aromatic carbocycles. The maximum Gasteiger partial charge on any atom is 0.228 e. The minimum absolute atomic E-state index is 0.0281. The summed E-state index contributed by atoms with van der Waals surface area (Å²) in [5.41, 5.74) is 3.43. The Hall–Kier alpha value is -1.83. The number of carbonyl (C=O) groups is 1. The molecule has 80 valence electrons. The predicted molar refractivity (Wildman–Crippen MR) is 60.6 cm³/mol. The van der Waals surface area contributed by atoms with E-state index in [1.165, 1.54) is 23.8 Å². The molecule has 2 heteroatoms. The highest BCUT2D eigenvalue weighted by molar-refractivity contribution is 6.07. The van der Waals surface area contributed by atoms with Crippen LogP contribution in [0.2, 0.25) is 0 Å². The molecule has 2 nitrogen and oxygen atoms in total. The van der Waals surface area contributed by atoms with Crippen LogP contribution in [-0.4, -0.2) is 5.78 Å². The Balaban J connectivity index is 1.99. The summed E-state index contributed by atoms with van der Waals surface area (Å²) >= 11 is 0. The number of furan rings is 1. The van der Waals surface area contributed by atoms with Gasteiger partial charge in [-0.3, -0.25) is 4.79 Å². The molecule has 0 bridgehead atoms. The molecular weight excluding hydrogens is 200 g/mol. The largest absolute Gasteiger partial charge is 0.461 e. The maximum absolute atomic E-state index is 12.0. The molecule has 0 atom stereocenters. The fourth-order valence-electron chi connectivity index (χ4n) is 2.26. The summed E-state index contributed by atoms with van der Waals surface area (Å²) in [7, 11) is 0. The van der Waals surface area contributed by atoms with E-state index < -0.39 is 0 Å². The molecule has 0 amide bonds. The zero-order chi connectivity index (χ0) is 11.0. The summed E-state index contributed by atoms with van der Waals surface area (Å²) in [5, 5.41) is 0. The number of aryl methyl sites for hydroxylation is 2. The molecule has 2 aromatic rings. The van der Waals surface area contributed by atoms with Crippen molar-refractivity contribution in [2.75, 3.05) is 0 Å². The normalized spacial score (nSPS) is 13.8. The lowest BCUT2D eigenvalue weighted by Gasteiger charge is -2.02. The van der Waals surface area contributed by atoms with Gasteiger partial charge >= 0.3 is 0 Å². The van der Waals surface area contributed by atoms with Gasteiger partial charge in [0.25, 0.3) is 0 Å². The summed E-state index contributed by atoms with van der Waals surface area (Å²) < 4.78 is 5.12. The number of hydrogen-bond donors (Lipinski definition) is 0. The molecule has 0 N–H and O–H groups in total. The van der Waals surface area contributed by atoms with E-state index in [0.717, 1.165) is 18.4 Å². The molecule has 1 aliphatic rings. The van der Waals surface area contributed by atoms with E-state index in [1.54, 1.807) is 12.1 Å². The number of fused-ring (bicyclic) bond motifs is 1. The SMILES string of the molecule is O=C(c1ccc2c(c1)CCC2)c1ccco1. The number of carbonyl (C=O) groups excluding carboxylic acids is 1. The van der Waals surface area contributed by atoms with Crippen LogP contribution in [0.5, 0.6) is 0 Å². The van der Waals surface area contributed by atoms with Crippen molar-refractivity contribution in [3.8, 4) is 0 Å². The van der Waals surface area contributed by atoms with Gasteiger partial charge in [0, 0.05) is 5.56 Å². The minimum atomic E-state index is -0.0281. The second kappa shape index (κ2) is 3.63. The van der Waals surface area contributed by atoms with Crippen molar-refractivity contribution >= 4 is 5.78 Å². The molecule has 0 saturated carbocycles. The third-order valence-electron chi connectivity index (χ3n) is 3.11. The van der Waals surface area contributed by atoms with Crippen molar-refractivity contribution in [2.45, 2.75) is 19.3 Å². The number of hydrogen-bond acceptors (Lipinski definition) is 2. The third kappa shape index (κ3) is 1.47. The van der Waals surface area contributed by atoms with Gasteiger partial charge in [0.2, 0.25) is 5.78 Å². The predicted octanol–water partition coefficient (Wildman–Crippen LogP) is 3.00. The standard InChI is InChI=1S/C14H12O2/c15-14(13-5-2-8-16-13)12-7-6-10-3-1-4-11(10)9-12/h2,5-9H,1,3-4H2. The Bertz CT molecular complexity index is 524. The summed E-state index contributed by atoms with van der Waals surface area (Å²) in [6, 6.07) is 9.41. The summed E-state index contributed by atoms with van der Waals surface area (Å²) in [4.78, 5) is 12.0. The van der Waals surface area contributed by atoms with E-state index in [-0.39, 0.29) is 5.78 Å². The zero-order valence-electron chi connectivity index (χ0n) is 8.90. The highest BCUT2D eigenvalue weighted by Gasteiger charge is 2.16. The Morgan fingerprint density at radius 2 is 2.00 bits per heavy atom. The highest BCUT2D eigenvalue weighted by atomic mass is 16.3. The molecule has 3 rings (SSSR count). The van der Waals surface area contributed by atoms with Crippen LogP contribution in [0.25, 0.3) is 0 Å². The Labute approximate surface area is 93.9 Å². The van der Waals surface area contributed by atoms with E-state index in [2.05, 4.69) is 6.07 Å². The van der Waals surface area contributed by atoms with E-state index in [1.807, 2.05) is 12.1 Å². The van der Waals surface area contributed by atoms with Gasteiger partial charge in [0.15, 0.2) is 5.76 Å². The number of rotatable bonds is 2. The fraction of sp³-hybridized carbons (Fsp3) is 0.214. The van der Waals surface area contributed by atoms with E-state index >= 15 is 0 Å². The van der Waals surface area contributed by atoms with Crippen molar-refractivity contribution in [2.24, 2.45) is 0 Å². The zero-order valence-corrected chi connectivity index (χ0v) is 8.90. The third-order valence-corrected chi connectivity index (χ3v) is 3.11. The lowest BCUT2D eigenvalue weighted by molar-refractivity contribution is 0.101. The van der Waals surface area contributed by atoms with Gasteiger partial charge < -0.3 is 4.42 Å². The van der Waals surface area contributed by atoms with Crippen molar-refractivity contribution < 1.29 is 9.21 Å². The first-order valence-electron chi connectivity index (χ1n) is 5.54. The molecular formula is C14H12O2. The van der Waals surface area contributed by atoms with Crippen LogP contribution < -0.4 is 0 Å². The van der Waals surface area contributed by atoms with Crippen LogP contribution >= 0.6 is 0 Å². The highest BCUT2D eigenvalue weighted by Crippen LogP contribution is 2.23. The monoisotopic (exact) mass is 212 g/mol. The van der Waals surface area contributed by atoms with Crippen LogP contribution in [0.4, 0.5) is 0 Å². The first-order chi connectivity index (χ1) is 7.84. The van der Waals surface area contributed by atoms with E-state index in [4.69, 9.17) is 4.42 Å². The number of ketones is 1. The molecule has 1 aliphatic carbocycles. The first kappa shape index (κ1) is 9.40. The van der Waals surface area contributed by atoms with Crippen molar-refractivity contribution in [3.05, 3.63) is 59.0 Å². The second-order valence-electron chi connectivity index (χ2n) is 4.14. The van der Waals surface area contributed by atoms with Gasteiger partial charge in [-0.15, -0.1) is 0 Å². The molecule has 0 fully saturated rings. The molecule has 1 aromatic heterocycles.